The number of nitrogens with one attached hydrogen (secondary N) is 3. The monoisotopic (exact) mass is 441 g/mol. The lowest BCUT2D eigenvalue weighted by Crippen LogP contribution is -3.19. The lowest BCUT2D eigenvalue weighted by molar-refractivity contribution is -0.680. The first-order valence-electron chi connectivity index (χ1n) is 10.8. The van der Waals surface area contributed by atoms with Gasteiger partial charge in [0.1, 0.15) is 17.1 Å². The zero-order valence-corrected chi connectivity index (χ0v) is 18.4. The third-order valence-electron chi connectivity index (χ3n) is 5.78. The van der Waals surface area contributed by atoms with E-state index in [1.165, 1.54) is 18.9 Å². The number of rotatable bonds is 7. The molecule has 1 unspecified atom stereocenters. The van der Waals surface area contributed by atoms with Crippen molar-refractivity contribution in [2.45, 2.75) is 51.6 Å². The van der Waals surface area contributed by atoms with Crippen LogP contribution in [-0.2, 0) is 0 Å². The van der Waals surface area contributed by atoms with Crippen molar-refractivity contribution >= 4 is 17.6 Å². The number of aromatic hydroxyl groups is 2. The number of methoxy groups -OCH3 is 1. The predicted molar refractivity (Wildman–Crippen MR) is 119 cm³/mol. The lowest BCUT2D eigenvalue weighted by Gasteiger charge is -2.18. The van der Waals surface area contributed by atoms with Crippen LogP contribution in [0.3, 0.4) is 0 Å². The Morgan fingerprint density at radius 3 is 2.56 bits per heavy atom. The Hall–Kier alpha value is -3.46. The molecule has 4 rings (SSSR count). The maximum atomic E-state index is 12.5. The second-order valence-corrected chi connectivity index (χ2v) is 8.37. The summed E-state index contributed by atoms with van der Waals surface area (Å²) in [6.07, 6.45) is 4.62. The van der Waals surface area contributed by atoms with Crippen molar-refractivity contribution < 1.29 is 29.5 Å². The van der Waals surface area contributed by atoms with Crippen molar-refractivity contribution in [1.29, 1.82) is 0 Å². The highest BCUT2D eigenvalue weighted by molar-refractivity contribution is 6.02. The normalized spacial score (nSPS) is 18.6. The first-order valence-corrected chi connectivity index (χ1v) is 10.8. The molecule has 2 aromatic carbocycles. The third kappa shape index (κ3) is 4.29. The van der Waals surface area contributed by atoms with Crippen LogP contribution in [0, 0.1) is 0 Å². The van der Waals surface area contributed by atoms with Crippen LogP contribution >= 0.6 is 0 Å². The molecule has 1 heterocycles. The number of phenolic OH excluding ortho intramolecular Hbond substituents is 2. The van der Waals surface area contributed by atoms with Crippen LogP contribution in [0.2, 0.25) is 0 Å². The summed E-state index contributed by atoms with van der Waals surface area (Å²) in [6.45, 7) is 3.86. The molecule has 0 aromatic heterocycles. The van der Waals surface area contributed by atoms with E-state index in [0.717, 1.165) is 12.8 Å². The number of anilines is 1. The van der Waals surface area contributed by atoms with Crippen LogP contribution in [0.5, 0.6) is 23.0 Å². The van der Waals surface area contributed by atoms with Crippen LogP contribution < -0.4 is 25.3 Å². The third-order valence-corrected chi connectivity index (χ3v) is 5.78. The largest absolute Gasteiger partial charge is 0.508 e. The van der Waals surface area contributed by atoms with E-state index < -0.39 is 6.03 Å². The highest BCUT2D eigenvalue weighted by Crippen LogP contribution is 2.34. The molecule has 1 saturated carbocycles. The van der Waals surface area contributed by atoms with E-state index in [9.17, 15) is 15.0 Å². The molecule has 0 bridgehead atoms. The van der Waals surface area contributed by atoms with Crippen molar-refractivity contribution in [2.75, 3.05) is 12.5 Å². The summed E-state index contributed by atoms with van der Waals surface area (Å²) < 4.78 is 11.6. The smallest absolute Gasteiger partial charge is 0.466 e. The van der Waals surface area contributed by atoms with Crippen LogP contribution in [-0.4, -0.2) is 35.3 Å². The molecule has 0 saturated heterocycles. The van der Waals surface area contributed by atoms with Gasteiger partial charge in [-0.15, -0.1) is 10.1 Å². The van der Waals surface area contributed by atoms with Crippen molar-refractivity contribution in [3.05, 3.63) is 41.5 Å². The number of benzene rings is 2. The van der Waals surface area contributed by atoms with Gasteiger partial charge in [-0.25, -0.2) is 10.2 Å². The minimum absolute atomic E-state index is 0.00349. The molecule has 1 aliphatic carbocycles. The number of amidine groups is 1. The molecule has 0 spiro atoms. The molecule has 2 aromatic rings. The van der Waals surface area contributed by atoms with Gasteiger partial charge in [-0.2, -0.15) is 5.43 Å². The summed E-state index contributed by atoms with van der Waals surface area (Å²) in [6, 6.07) is 7.87. The lowest BCUT2D eigenvalue weighted by atomic mass is 9.98. The van der Waals surface area contributed by atoms with Crippen molar-refractivity contribution in [1.82, 2.24) is 5.43 Å². The fourth-order valence-electron chi connectivity index (χ4n) is 4.06. The van der Waals surface area contributed by atoms with E-state index in [-0.39, 0.29) is 34.4 Å². The highest BCUT2D eigenvalue weighted by atomic mass is 16.5. The Morgan fingerprint density at radius 2 is 1.88 bits per heavy atom. The second kappa shape index (κ2) is 8.96. The van der Waals surface area contributed by atoms with Crippen molar-refractivity contribution in [2.24, 2.45) is 5.10 Å². The molecular formula is C23H29N4O5+. The van der Waals surface area contributed by atoms with Crippen LogP contribution in [0.1, 0.15) is 56.6 Å². The number of carbonyl (C=O) groups excluding carboxylic acids is 1. The number of carbonyl (C=O) groups is 1. The number of quaternary nitrogens is 1. The van der Waals surface area contributed by atoms with Gasteiger partial charge in [0.25, 0.3) is 5.84 Å². The maximum Gasteiger partial charge on any atom is 0.466 e. The number of ether oxygens (including phenoxy) is 2. The van der Waals surface area contributed by atoms with Crippen LogP contribution in [0.25, 0.3) is 0 Å². The Labute approximate surface area is 186 Å². The number of hydrogen-bond donors (Lipinski definition) is 5. The SMILES string of the molecule is COc1cc(N[NH+]2C(=O)NN=C2c2cc(C(C)C)c(O)cc2O)ccc1OC1CCCC1. The maximum absolute atomic E-state index is 12.5. The fraction of sp³-hybridized carbons (Fsp3) is 0.391. The first kappa shape index (κ1) is 21.8. The van der Waals surface area contributed by atoms with Gasteiger partial charge in [-0.05, 0) is 55.4 Å². The van der Waals surface area contributed by atoms with Crippen molar-refractivity contribution in [3.63, 3.8) is 0 Å². The molecule has 32 heavy (non-hydrogen) atoms. The molecule has 1 aliphatic heterocycles. The topological polar surface area (TPSA) is 117 Å². The minimum atomic E-state index is -0.427. The molecule has 1 fully saturated rings. The Balaban J connectivity index is 1.59. The zero-order valence-electron chi connectivity index (χ0n) is 18.4. The average Bonchev–Trinajstić information content (AvgIpc) is 3.39. The standard InChI is InChI=1S/C23H28N4O5/c1-13(2)16-11-17(19(29)12-18(16)28)22-24-25-23(30)27(22)26-14-8-9-20(21(10-14)31-3)32-15-6-4-5-7-15/h8-13,15,26,28-29H,4-7H2,1-3H3,(H,25,30)/p+1. The molecule has 2 aliphatic rings. The Bertz CT molecular complexity index is 1050. The number of hydrazone groups is 1. The average molecular weight is 442 g/mol. The van der Waals surface area contributed by atoms with E-state index in [4.69, 9.17) is 9.47 Å². The fourth-order valence-corrected chi connectivity index (χ4v) is 4.06. The number of phenols is 2. The molecule has 9 heteroatoms. The van der Waals surface area contributed by atoms with Crippen molar-refractivity contribution in [3.8, 4) is 23.0 Å². The van der Waals surface area contributed by atoms with E-state index in [0.29, 0.717) is 28.3 Å². The second-order valence-electron chi connectivity index (χ2n) is 8.37. The highest BCUT2D eigenvalue weighted by Gasteiger charge is 2.37. The summed E-state index contributed by atoms with van der Waals surface area (Å²) in [5.74, 6) is 1.34. The summed E-state index contributed by atoms with van der Waals surface area (Å²) in [4.78, 5) is 12.5. The minimum Gasteiger partial charge on any atom is -0.508 e. The van der Waals surface area contributed by atoms with Gasteiger partial charge >= 0.3 is 6.03 Å². The molecular weight excluding hydrogens is 412 g/mol. The molecule has 1 atom stereocenters. The van der Waals surface area contributed by atoms with Gasteiger partial charge in [0, 0.05) is 12.1 Å². The predicted octanol–water partition coefficient (Wildman–Crippen LogP) is 2.85. The van der Waals surface area contributed by atoms with E-state index in [1.807, 2.05) is 19.9 Å². The van der Waals surface area contributed by atoms with Crippen LogP contribution in [0.4, 0.5) is 10.5 Å². The van der Waals surface area contributed by atoms with E-state index in [1.54, 1.807) is 25.3 Å². The Morgan fingerprint density at radius 1 is 1.12 bits per heavy atom. The molecule has 0 radical (unpaired) electrons. The zero-order chi connectivity index (χ0) is 22.8. The van der Waals surface area contributed by atoms with Gasteiger partial charge in [0.2, 0.25) is 0 Å². The van der Waals surface area contributed by atoms with E-state index in [2.05, 4.69) is 16.0 Å². The molecule has 2 amide bonds. The number of nitrogens with zero attached hydrogens (tertiary/aromatic N) is 1. The number of hydrogen-bond acceptors (Lipinski definition) is 7. The molecule has 9 nitrogen and oxygen atoms in total. The number of urea groups is 1. The van der Waals surface area contributed by atoms with Gasteiger partial charge in [0.15, 0.2) is 11.5 Å². The quantitative estimate of drug-likeness (QED) is 0.451. The van der Waals surface area contributed by atoms with Gasteiger partial charge in [-0.1, -0.05) is 13.8 Å². The number of amides is 2. The summed E-state index contributed by atoms with van der Waals surface area (Å²) in [7, 11) is 1.57. The summed E-state index contributed by atoms with van der Waals surface area (Å²) >= 11 is 0. The molecule has 170 valence electrons. The van der Waals surface area contributed by atoms with E-state index >= 15 is 0 Å². The van der Waals surface area contributed by atoms with Gasteiger partial charge in [0.05, 0.1) is 18.9 Å². The Kier molecular flexibility index (Phi) is 6.09. The van der Waals surface area contributed by atoms with Gasteiger partial charge < -0.3 is 19.7 Å². The summed E-state index contributed by atoms with van der Waals surface area (Å²) in [5, 5.41) is 24.9. The van der Waals surface area contributed by atoms with Gasteiger partial charge in [-0.3, -0.25) is 0 Å². The first-order chi connectivity index (χ1) is 15.4. The van der Waals surface area contributed by atoms with Crippen LogP contribution in [0.15, 0.2) is 35.4 Å². The summed E-state index contributed by atoms with van der Waals surface area (Å²) in [5.41, 5.74) is 7.14. The molecule has 5 N–H and O–H groups in total.